The summed E-state index contributed by atoms with van der Waals surface area (Å²) in [6.45, 7) is 6.04. The zero-order valence-electron chi connectivity index (χ0n) is 8.42. The molecule has 0 aromatic heterocycles. The van der Waals surface area contributed by atoms with Crippen LogP contribution in [0.5, 0.6) is 0 Å². The number of hydrogen-bond donors (Lipinski definition) is 2. The highest BCUT2D eigenvalue weighted by molar-refractivity contribution is 6.29. The normalized spacial score (nSPS) is 15.0. The maximum atomic E-state index is 11.1. The van der Waals surface area contributed by atoms with Gasteiger partial charge >= 0.3 is 0 Å². The first-order valence-electron chi connectivity index (χ1n) is 4.61. The molecular weight excluding hydrogens is 239 g/mol. The van der Waals surface area contributed by atoms with Crippen LogP contribution < -0.4 is 10.6 Å². The highest BCUT2D eigenvalue weighted by Gasteiger charge is 2.16. The van der Waals surface area contributed by atoms with Gasteiger partial charge < -0.3 is 15.4 Å². The third kappa shape index (κ3) is 6.73. The molecule has 0 spiro atoms. The summed E-state index contributed by atoms with van der Waals surface area (Å²) in [4.78, 5) is 11.1. The largest absolute Gasteiger partial charge is 0.375 e. The van der Waals surface area contributed by atoms with E-state index in [4.69, 9.17) is 16.3 Å². The van der Waals surface area contributed by atoms with Crippen LogP contribution in [-0.4, -0.2) is 38.3 Å². The molecule has 1 aliphatic rings. The predicted octanol–water partition coefficient (Wildman–Crippen LogP) is 0.655. The molecular formula is C9H16Cl2N2O2. The molecule has 1 rings (SSSR count). The fourth-order valence-corrected chi connectivity index (χ4v) is 1.05. The number of hydrogen-bond acceptors (Lipinski definition) is 3. The molecule has 0 radical (unpaired) electrons. The number of carbonyl (C=O) groups is 1. The van der Waals surface area contributed by atoms with Crippen molar-refractivity contribution in [3.8, 4) is 0 Å². The smallest absolute Gasteiger partial charge is 0.222 e. The summed E-state index contributed by atoms with van der Waals surface area (Å²) in [6.07, 6.45) is 0.659. The van der Waals surface area contributed by atoms with Crippen molar-refractivity contribution in [1.29, 1.82) is 0 Å². The second-order valence-electron chi connectivity index (χ2n) is 3.20. The van der Waals surface area contributed by atoms with E-state index >= 15 is 0 Å². The molecule has 1 heterocycles. The van der Waals surface area contributed by atoms with Crippen molar-refractivity contribution in [2.24, 2.45) is 0 Å². The Bertz CT molecular complexity index is 220. The second kappa shape index (κ2) is 7.93. The topological polar surface area (TPSA) is 50.4 Å². The van der Waals surface area contributed by atoms with Gasteiger partial charge in [0.25, 0.3) is 0 Å². The van der Waals surface area contributed by atoms with Crippen molar-refractivity contribution in [1.82, 2.24) is 10.6 Å². The summed E-state index contributed by atoms with van der Waals surface area (Å²) >= 11 is 5.49. The van der Waals surface area contributed by atoms with E-state index in [9.17, 15) is 4.79 Å². The molecule has 1 fully saturated rings. The summed E-state index contributed by atoms with van der Waals surface area (Å²) in [5.74, 6) is -0.0564. The first-order valence-corrected chi connectivity index (χ1v) is 4.98. The molecule has 0 bridgehead atoms. The minimum absolute atomic E-state index is 0. The van der Waals surface area contributed by atoms with Crippen LogP contribution in [0.25, 0.3) is 0 Å². The van der Waals surface area contributed by atoms with Crippen LogP contribution in [0.2, 0.25) is 0 Å². The second-order valence-corrected chi connectivity index (χ2v) is 3.73. The van der Waals surface area contributed by atoms with E-state index in [0.29, 0.717) is 24.6 Å². The number of rotatable bonds is 6. The van der Waals surface area contributed by atoms with Gasteiger partial charge in [-0.05, 0) is 0 Å². The molecule has 2 N–H and O–H groups in total. The Morgan fingerprint density at radius 3 is 2.73 bits per heavy atom. The SMILES string of the molecule is C=C(Cl)CNC(=O)CCOC1CNC1.Cl. The van der Waals surface area contributed by atoms with Gasteiger partial charge in [-0.3, -0.25) is 4.79 Å². The van der Waals surface area contributed by atoms with Gasteiger partial charge in [0.15, 0.2) is 0 Å². The van der Waals surface area contributed by atoms with E-state index in [0.717, 1.165) is 13.1 Å². The fraction of sp³-hybridized carbons (Fsp3) is 0.667. The Morgan fingerprint density at radius 1 is 1.60 bits per heavy atom. The summed E-state index contributed by atoms with van der Waals surface area (Å²) < 4.78 is 5.38. The molecule has 0 aromatic carbocycles. The molecule has 1 aliphatic heterocycles. The molecule has 0 aliphatic carbocycles. The lowest BCUT2D eigenvalue weighted by atomic mass is 10.2. The zero-order chi connectivity index (χ0) is 10.4. The minimum Gasteiger partial charge on any atom is -0.375 e. The van der Waals surface area contributed by atoms with E-state index in [2.05, 4.69) is 17.2 Å². The average Bonchev–Trinajstić information content (AvgIpc) is 2.06. The van der Waals surface area contributed by atoms with E-state index in [1.807, 2.05) is 0 Å². The van der Waals surface area contributed by atoms with Gasteiger partial charge in [-0.15, -0.1) is 12.4 Å². The van der Waals surface area contributed by atoms with E-state index in [1.54, 1.807) is 0 Å². The van der Waals surface area contributed by atoms with Gasteiger partial charge in [-0.25, -0.2) is 0 Å². The van der Waals surface area contributed by atoms with Crippen LogP contribution in [0.1, 0.15) is 6.42 Å². The van der Waals surface area contributed by atoms with Crippen LogP contribution >= 0.6 is 24.0 Å². The minimum atomic E-state index is -0.0564. The average molecular weight is 255 g/mol. The zero-order valence-corrected chi connectivity index (χ0v) is 10.00. The Morgan fingerprint density at radius 2 is 2.27 bits per heavy atom. The molecule has 15 heavy (non-hydrogen) atoms. The van der Waals surface area contributed by atoms with Crippen LogP contribution in [0.15, 0.2) is 11.6 Å². The number of ether oxygens (including phenoxy) is 1. The van der Waals surface area contributed by atoms with E-state index in [1.165, 1.54) is 0 Å². The van der Waals surface area contributed by atoms with E-state index < -0.39 is 0 Å². The van der Waals surface area contributed by atoms with Gasteiger partial charge in [-0.1, -0.05) is 18.2 Å². The molecule has 1 saturated heterocycles. The third-order valence-electron chi connectivity index (χ3n) is 1.90. The highest BCUT2D eigenvalue weighted by atomic mass is 35.5. The van der Waals surface area contributed by atoms with Crippen LogP contribution in [0.4, 0.5) is 0 Å². The molecule has 4 nitrogen and oxygen atoms in total. The van der Waals surface area contributed by atoms with Crippen molar-refractivity contribution >= 4 is 29.9 Å². The molecule has 1 amide bonds. The van der Waals surface area contributed by atoms with Gasteiger partial charge in [0.1, 0.15) is 0 Å². The molecule has 0 saturated carbocycles. The van der Waals surface area contributed by atoms with Gasteiger partial charge in [0.2, 0.25) is 5.91 Å². The number of carbonyl (C=O) groups excluding carboxylic acids is 1. The van der Waals surface area contributed by atoms with Gasteiger partial charge in [0, 0.05) is 24.5 Å². The first kappa shape index (κ1) is 14.7. The lowest BCUT2D eigenvalue weighted by Gasteiger charge is -2.26. The Labute approximate surface area is 101 Å². The maximum Gasteiger partial charge on any atom is 0.222 e. The molecule has 0 aromatic rings. The van der Waals surface area contributed by atoms with Crippen molar-refractivity contribution in [3.05, 3.63) is 11.6 Å². The van der Waals surface area contributed by atoms with Crippen molar-refractivity contribution < 1.29 is 9.53 Å². The summed E-state index contributed by atoms with van der Waals surface area (Å²) in [5, 5.41) is 6.14. The van der Waals surface area contributed by atoms with Crippen LogP contribution in [0.3, 0.4) is 0 Å². The predicted molar refractivity (Wildman–Crippen MR) is 62.5 cm³/mol. The van der Waals surface area contributed by atoms with Gasteiger partial charge in [0.05, 0.1) is 19.3 Å². The fourth-order valence-electron chi connectivity index (χ4n) is 0.981. The van der Waals surface area contributed by atoms with Crippen molar-refractivity contribution in [2.45, 2.75) is 12.5 Å². The Balaban J connectivity index is 0.00000196. The number of nitrogens with one attached hydrogen (secondary N) is 2. The monoisotopic (exact) mass is 254 g/mol. The number of amides is 1. The molecule has 88 valence electrons. The summed E-state index contributed by atoms with van der Waals surface area (Å²) in [6, 6.07) is 0. The lowest BCUT2D eigenvalue weighted by Crippen LogP contribution is -2.48. The summed E-state index contributed by atoms with van der Waals surface area (Å²) in [5.41, 5.74) is 0. The Hall–Kier alpha value is -0.290. The van der Waals surface area contributed by atoms with E-state index in [-0.39, 0.29) is 24.4 Å². The summed E-state index contributed by atoms with van der Waals surface area (Å²) in [7, 11) is 0. The van der Waals surface area contributed by atoms with Crippen molar-refractivity contribution in [3.63, 3.8) is 0 Å². The maximum absolute atomic E-state index is 11.1. The lowest BCUT2D eigenvalue weighted by molar-refractivity contribution is -0.122. The van der Waals surface area contributed by atoms with Gasteiger partial charge in [-0.2, -0.15) is 0 Å². The van der Waals surface area contributed by atoms with Crippen molar-refractivity contribution in [2.75, 3.05) is 26.2 Å². The first-order chi connectivity index (χ1) is 6.68. The Kier molecular flexibility index (Phi) is 7.78. The molecule has 0 atom stereocenters. The standard InChI is InChI=1S/C9H15ClN2O2.ClH/c1-7(10)4-12-9(13)2-3-14-8-5-11-6-8;/h8,11H,1-6H2,(H,12,13);1H. The highest BCUT2D eigenvalue weighted by Crippen LogP contribution is 1.99. The van der Waals surface area contributed by atoms with Crippen LogP contribution in [0, 0.1) is 0 Å². The third-order valence-corrected chi connectivity index (χ3v) is 2.04. The van der Waals surface area contributed by atoms with Crippen LogP contribution in [-0.2, 0) is 9.53 Å². The quantitative estimate of drug-likeness (QED) is 0.733. The molecule has 0 unspecified atom stereocenters. The number of halogens is 2. The molecule has 6 heteroatoms.